The molecule has 2 amide bonds. The highest BCUT2D eigenvalue weighted by Crippen LogP contribution is 2.46. The van der Waals surface area contributed by atoms with Crippen molar-refractivity contribution in [3.05, 3.63) is 48.0 Å². The van der Waals surface area contributed by atoms with Crippen molar-refractivity contribution in [1.29, 1.82) is 0 Å². The first-order valence-corrected chi connectivity index (χ1v) is 12.0. The van der Waals surface area contributed by atoms with Crippen molar-refractivity contribution in [1.82, 2.24) is 5.32 Å². The van der Waals surface area contributed by atoms with E-state index in [-0.39, 0.29) is 29.7 Å². The lowest BCUT2D eigenvalue weighted by molar-refractivity contribution is -0.124. The fourth-order valence-corrected chi connectivity index (χ4v) is 5.73. The summed E-state index contributed by atoms with van der Waals surface area (Å²) in [6.07, 6.45) is 5.88. The average molecular weight is 455 g/mol. The Bertz CT molecular complexity index is 974. The molecule has 2 aliphatic rings. The van der Waals surface area contributed by atoms with E-state index in [9.17, 15) is 9.59 Å². The van der Waals surface area contributed by atoms with Gasteiger partial charge in [0.25, 0.3) is 0 Å². The minimum atomic E-state index is -0.0883. The molecule has 1 N–H and O–H groups in total. The topological polar surface area (TPSA) is 67.9 Å². The molecule has 32 heavy (non-hydrogen) atoms. The predicted molar refractivity (Wildman–Crippen MR) is 127 cm³/mol. The summed E-state index contributed by atoms with van der Waals surface area (Å²) >= 11 is 1.64. The van der Waals surface area contributed by atoms with Gasteiger partial charge in [0, 0.05) is 22.6 Å². The maximum atomic E-state index is 13.3. The van der Waals surface area contributed by atoms with Crippen molar-refractivity contribution in [2.45, 2.75) is 54.7 Å². The Hall–Kier alpha value is -2.67. The molecule has 1 aliphatic heterocycles. The first-order chi connectivity index (χ1) is 15.6. The maximum Gasteiger partial charge on any atom is 0.240 e. The summed E-state index contributed by atoms with van der Waals surface area (Å²) in [5.41, 5.74) is 1.79. The number of para-hydroxylation sites is 1. The van der Waals surface area contributed by atoms with Gasteiger partial charge in [-0.1, -0.05) is 37.5 Å². The highest BCUT2D eigenvalue weighted by molar-refractivity contribution is 7.99. The first-order valence-electron chi connectivity index (χ1n) is 11.2. The van der Waals surface area contributed by atoms with Gasteiger partial charge < -0.3 is 19.7 Å². The number of anilines is 1. The summed E-state index contributed by atoms with van der Waals surface area (Å²) in [5.74, 6) is 1.15. The molecule has 0 saturated heterocycles. The fraction of sp³-hybridized carbons (Fsp3) is 0.440. The lowest BCUT2D eigenvalue weighted by Crippen LogP contribution is -2.45. The molecule has 0 unspecified atom stereocenters. The fourth-order valence-electron chi connectivity index (χ4n) is 4.45. The molecule has 1 atom stereocenters. The Kier molecular flexibility index (Phi) is 7.25. The highest BCUT2D eigenvalue weighted by atomic mass is 32.2. The van der Waals surface area contributed by atoms with Crippen LogP contribution < -0.4 is 19.7 Å². The van der Waals surface area contributed by atoms with Gasteiger partial charge in [0.15, 0.2) is 11.5 Å². The molecule has 1 saturated carbocycles. The number of carbonyl (C=O) groups excluding carboxylic acids is 2. The Morgan fingerprint density at radius 2 is 1.81 bits per heavy atom. The second kappa shape index (κ2) is 10.3. The molecule has 0 bridgehead atoms. The number of nitrogens with zero attached hydrogens (tertiary/aromatic N) is 1. The van der Waals surface area contributed by atoms with Crippen LogP contribution in [0.2, 0.25) is 0 Å². The first kappa shape index (κ1) is 22.5. The van der Waals surface area contributed by atoms with Crippen LogP contribution in [0.1, 0.15) is 49.3 Å². The summed E-state index contributed by atoms with van der Waals surface area (Å²) in [5, 5.41) is 3.05. The van der Waals surface area contributed by atoms with Gasteiger partial charge in [0.1, 0.15) is 6.54 Å². The molecule has 170 valence electrons. The van der Waals surface area contributed by atoms with Crippen LogP contribution in [-0.2, 0) is 9.59 Å². The smallest absolute Gasteiger partial charge is 0.240 e. The third kappa shape index (κ3) is 5.04. The SMILES string of the molecule is COc1ccc([C@H]2CC(=O)N(CC(=O)NC3CCCCC3)c3ccccc3S2)cc1OC. The van der Waals surface area contributed by atoms with Crippen LogP contribution in [-0.4, -0.2) is 38.6 Å². The third-order valence-electron chi connectivity index (χ3n) is 6.14. The van der Waals surface area contributed by atoms with E-state index in [1.54, 1.807) is 30.9 Å². The molecule has 1 fully saturated rings. The molecule has 7 heteroatoms. The van der Waals surface area contributed by atoms with Crippen molar-refractivity contribution in [2.75, 3.05) is 25.7 Å². The number of nitrogens with one attached hydrogen (secondary N) is 1. The van der Waals surface area contributed by atoms with E-state index in [2.05, 4.69) is 5.32 Å². The van der Waals surface area contributed by atoms with Gasteiger partial charge >= 0.3 is 0 Å². The van der Waals surface area contributed by atoms with E-state index in [1.807, 2.05) is 42.5 Å². The van der Waals surface area contributed by atoms with E-state index in [0.29, 0.717) is 17.9 Å². The zero-order valence-electron chi connectivity index (χ0n) is 18.6. The summed E-state index contributed by atoms with van der Waals surface area (Å²) < 4.78 is 10.8. The highest BCUT2D eigenvalue weighted by Gasteiger charge is 2.31. The van der Waals surface area contributed by atoms with Crippen LogP contribution >= 0.6 is 11.8 Å². The van der Waals surface area contributed by atoms with Gasteiger partial charge in [0.2, 0.25) is 11.8 Å². The lowest BCUT2D eigenvalue weighted by Gasteiger charge is -2.26. The van der Waals surface area contributed by atoms with E-state index in [1.165, 1.54) is 6.42 Å². The molecule has 0 spiro atoms. The number of rotatable bonds is 6. The van der Waals surface area contributed by atoms with Crippen molar-refractivity contribution < 1.29 is 19.1 Å². The Labute approximate surface area is 193 Å². The van der Waals surface area contributed by atoms with Gasteiger partial charge in [0.05, 0.1) is 19.9 Å². The number of ether oxygens (including phenoxy) is 2. The molecule has 2 aromatic carbocycles. The second-order valence-corrected chi connectivity index (χ2v) is 9.52. The van der Waals surface area contributed by atoms with Gasteiger partial charge in [-0.3, -0.25) is 9.59 Å². The number of fused-ring (bicyclic) bond motifs is 1. The molecular formula is C25H30N2O4S. The molecule has 4 rings (SSSR count). The molecule has 1 aliphatic carbocycles. The number of thioether (sulfide) groups is 1. The minimum absolute atomic E-state index is 0.0472. The molecule has 6 nitrogen and oxygen atoms in total. The zero-order valence-corrected chi connectivity index (χ0v) is 19.5. The number of hydrogen-bond donors (Lipinski definition) is 1. The van der Waals surface area contributed by atoms with Crippen molar-refractivity contribution >= 4 is 29.3 Å². The normalized spacial score (nSPS) is 19.1. The van der Waals surface area contributed by atoms with Crippen molar-refractivity contribution in [2.24, 2.45) is 0 Å². The average Bonchev–Trinajstić information content (AvgIpc) is 2.95. The lowest BCUT2D eigenvalue weighted by atomic mass is 9.95. The van der Waals surface area contributed by atoms with Crippen molar-refractivity contribution in [3.63, 3.8) is 0 Å². The summed E-state index contributed by atoms with van der Waals surface area (Å²) in [6.45, 7) is 0.0472. The number of amides is 2. The van der Waals surface area contributed by atoms with Crippen LogP contribution in [0.25, 0.3) is 0 Å². The predicted octanol–water partition coefficient (Wildman–Crippen LogP) is 4.72. The third-order valence-corrected chi connectivity index (χ3v) is 7.46. The molecule has 1 heterocycles. The Morgan fingerprint density at radius 3 is 2.56 bits per heavy atom. The zero-order chi connectivity index (χ0) is 22.5. The maximum absolute atomic E-state index is 13.3. The summed E-state index contributed by atoms with van der Waals surface area (Å²) in [7, 11) is 3.21. The summed E-state index contributed by atoms with van der Waals surface area (Å²) in [6, 6.07) is 13.8. The molecule has 0 radical (unpaired) electrons. The van der Waals surface area contributed by atoms with Crippen LogP contribution in [0.4, 0.5) is 5.69 Å². The van der Waals surface area contributed by atoms with E-state index < -0.39 is 0 Å². The van der Waals surface area contributed by atoms with Crippen LogP contribution in [0.15, 0.2) is 47.4 Å². The monoisotopic (exact) mass is 454 g/mol. The van der Waals surface area contributed by atoms with E-state index in [4.69, 9.17) is 9.47 Å². The van der Waals surface area contributed by atoms with Crippen LogP contribution in [0.3, 0.4) is 0 Å². The number of hydrogen-bond acceptors (Lipinski definition) is 5. The van der Waals surface area contributed by atoms with E-state index in [0.717, 1.165) is 41.8 Å². The standard InChI is InChI=1S/C25H30N2O4S/c1-30-20-13-12-17(14-21(20)31-2)23-15-25(29)27(19-10-6-7-11-22(19)32-23)16-24(28)26-18-8-4-3-5-9-18/h6-7,10-14,18,23H,3-5,8-9,15-16H2,1-2H3,(H,26,28)/t23-/m1/s1. The van der Waals surface area contributed by atoms with Gasteiger partial charge in [-0.15, -0.1) is 11.8 Å². The largest absolute Gasteiger partial charge is 0.493 e. The van der Waals surface area contributed by atoms with Gasteiger partial charge in [-0.2, -0.15) is 0 Å². The number of carbonyl (C=O) groups is 2. The minimum Gasteiger partial charge on any atom is -0.493 e. The number of benzene rings is 2. The van der Waals surface area contributed by atoms with Crippen molar-refractivity contribution in [3.8, 4) is 11.5 Å². The second-order valence-electron chi connectivity index (χ2n) is 8.28. The number of methoxy groups -OCH3 is 2. The quantitative estimate of drug-likeness (QED) is 0.684. The van der Waals surface area contributed by atoms with Crippen LogP contribution in [0.5, 0.6) is 11.5 Å². The van der Waals surface area contributed by atoms with Crippen LogP contribution in [0, 0.1) is 0 Å². The van der Waals surface area contributed by atoms with Gasteiger partial charge in [-0.05, 0) is 42.7 Å². The molecule has 2 aromatic rings. The Balaban J connectivity index is 1.56. The Morgan fingerprint density at radius 1 is 1.06 bits per heavy atom. The summed E-state index contributed by atoms with van der Waals surface area (Å²) in [4.78, 5) is 28.8. The molecule has 0 aromatic heterocycles. The van der Waals surface area contributed by atoms with E-state index >= 15 is 0 Å². The molecular weight excluding hydrogens is 424 g/mol. The van der Waals surface area contributed by atoms with Gasteiger partial charge in [-0.25, -0.2) is 0 Å².